The number of rotatable bonds is 14. The van der Waals surface area contributed by atoms with Crippen LogP contribution < -0.4 is 26.6 Å². The fourth-order valence-corrected chi connectivity index (χ4v) is 6.42. The molecule has 0 aliphatic heterocycles. The summed E-state index contributed by atoms with van der Waals surface area (Å²) in [4.78, 5) is 62.8. The largest absolute Gasteiger partial charge is 0.478 e. The van der Waals surface area contributed by atoms with Crippen LogP contribution in [0.1, 0.15) is 63.8 Å². The molecule has 2 aromatic heterocycles. The number of urea groups is 1. The van der Waals surface area contributed by atoms with Crippen LogP contribution in [0.15, 0.2) is 91.3 Å². The molecule has 4 amide bonds. The van der Waals surface area contributed by atoms with Crippen molar-refractivity contribution in [3.05, 3.63) is 114 Å². The number of aliphatic hydroxyl groups is 2. The Morgan fingerprint density at radius 1 is 0.852 bits per heavy atom. The molecule has 280 valence electrons. The minimum Gasteiger partial charge on any atom is -0.478 e. The van der Waals surface area contributed by atoms with Gasteiger partial charge < -0.3 is 46.5 Å². The van der Waals surface area contributed by atoms with Crippen LogP contribution in [0, 0.1) is 0 Å². The molecule has 16 nitrogen and oxygen atoms in total. The number of aromatic nitrogens is 4. The summed E-state index contributed by atoms with van der Waals surface area (Å²) in [5.41, 5.74) is 3.16. The van der Waals surface area contributed by atoms with E-state index in [4.69, 9.17) is 5.11 Å². The second-order valence-corrected chi connectivity index (χ2v) is 12.8. The molecule has 1 fully saturated rings. The molecule has 1 aliphatic rings. The molecule has 0 saturated heterocycles. The quantitative estimate of drug-likeness (QED) is 0.0773. The first-order valence-electron chi connectivity index (χ1n) is 17.5. The molecule has 6 rings (SSSR count). The van der Waals surface area contributed by atoms with Crippen LogP contribution in [0.5, 0.6) is 0 Å². The standard InChI is InChI=1S/C38H41N9O7/c1-2-29(48)44-27-19-28(32(50)31(27)49)47-21-42-30-33(41-20-26(22-9-5-3-6-10-22)23-11-7-4-8-12-23)45-34(46-35(30)47)36(51)39-17-18-40-38(54)43-25-15-13-24(14-16-25)37(52)53/h3-16,21,26-28,31-32,49-50H,2,17-20H2,1H3,(H,39,51)(H,44,48)(H,52,53)(H2,40,43,54)(H,41,45,46)/t27-,28+,31+,32-/m0/s1. The van der Waals surface area contributed by atoms with Crippen LogP contribution >= 0.6 is 0 Å². The smallest absolute Gasteiger partial charge is 0.335 e. The van der Waals surface area contributed by atoms with Crippen molar-refractivity contribution in [2.45, 2.75) is 50.0 Å². The maximum Gasteiger partial charge on any atom is 0.335 e. The second kappa shape index (κ2) is 17.0. The van der Waals surface area contributed by atoms with Crippen LogP contribution in [0.25, 0.3) is 11.2 Å². The Bertz CT molecular complexity index is 2060. The van der Waals surface area contributed by atoms with Gasteiger partial charge in [-0.1, -0.05) is 67.6 Å². The van der Waals surface area contributed by atoms with Gasteiger partial charge in [0, 0.05) is 37.7 Å². The van der Waals surface area contributed by atoms with E-state index in [1.807, 2.05) is 60.7 Å². The molecule has 5 aromatic rings. The summed E-state index contributed by atoms with van der Waals surface area (Å²) in [6.07, 6.45) is -0.623. The van der Waals surface area contributed by atoms with Gasteiger partial charge in [-0.2, -0.15) is 0 Å². The van der Waals surface area contributed by atoms with Gasteiger partial charge in [-0.25, -0.2) is 24.5 Å². The lowest BCUT2D eigenvalue weighted by atomic mass is 9.91. The van der Waals surface area contributed by atoms with E-state index in [9.17, 15) is 29.4 Å². The molecule has 0 spiro atoms. The molecular weight excluding hydrogens is 694 g/mol. The minimum absolute atomic E-state index is 0.0179. The highest BCUT2D eigenvalue weighted by molar-refractivity contribution is 5.95. The van der Waals surface area contributed by atoms with E-state index in [1.165, 1.54) is 30.6 Å². The van der Waals surface area contributed by atoms with Crippen molar-refractivity contribution in [2.24, 2.45) is 0 Å². The zero-order chi connectivity index (χ0) is 38.2. The number of aromatic carboxylic acids is 1. The third-order valence-electron chi connectivity index (χ3n) is 9.26. The average molecular weight is 736 g/mol. The number of imidazole rings is 1. The van der Waals surface area contributed by atoms with Gasteiger partial charge in [0.05, 0.1) is 24.0 Å². The number of hydrogen-bond donors (Lipinski definition) is 8. The lowest BCUT2D eigenvalue weighted by molar-refractivity contribution is -0.122. The number of nitrogens with zero attached hydrogens (tertiary/aromatic N) is 4. The lowest BCUT2D eigenvalue weighted by Crippen LogP contribution is -2.42. The van der Waals surface area contributed by atoms with Gasteiger partial charge >= 0.3 is 12.0 Å². The number of fused-ring (bicyclic) bond motifs is 1. The maximum absolute atomic E-state index is 13.5. The maximum atomic E-state index is 13.5. The highest BCUT2D eigenvalue weighted by Gasteiger charge is 2.43. The Balaban J connectivity index is 1.22. The SMILES string of the molecule is CCC(=O)N[C@H]1C[C@@H](n2cnc3c(NCC(c4ccccc4)c4ccccc4)nc(C(=O)NCCNC(=O)Nc4ccc(C(=O)O)cc4)nc32)[C@H](O)[C@@H]1O. The highest BCUT2D eigenvalue weighted by atomic mass is 16.4. The molecule has 4 atom stereocenters. The normalized spacial score (nSPS) is 17.9. The zero-order valence-electron chi connectivity index (χ0n) is 29.3. The van der Waals surface area contributed by atoms with Gasteiger partial charge in [0.15, 0.2) is 11.5 Å². The number of aliphatic hydroxyl groups excluding tert-OH is 2. The minimum atomic E-state index is -1.26. The number of anilines is 2. The molecule has 3 aromatic carbocycles. The summed E-state index contributed by atoms with van der Waals surface area (Å²) >= 11 is 0. The van der Waals surface area contributed by atoms with Gasteiger partial charge in [0.2, 0.25) is 11.7 Å². The summed E-state index contributed by atoms with van der Waals surface area (Å²) < 4.78 is 1.59. The first-order valence-corrected chi connectivity index (χ1v) is 17.5. The third kappa shape index (κ3) is 8.62. The molecule has 0 radical (unpaired) electrons. The van der Waals surface area contributed by atoms with Crippen LogP contribution in [0.3, 0.4) is 0 Å². The number of carboxylic acids is 1. The Morgan fingerprint density at radius 2 is 1.50 bits per heavy atom. The number of carboxylic acid groups (broad SMARTS) is 1. The molecular formula is C38H41N9O7. The summed E-state index contributed by atoms with van der Waals surface area (Å²) in [7, 11) is 0. The van der Waals surface area contributed by atoms with Crippen LogP contribution in [0.4, 0.5) is 16.3 Å². The number of hydrogen-bond acceptors (Lipinski definition) is 10. The number of carbonyl (C=O) groups excluding carboxylic acids is 3. The molecule has 54 heavy (non-hydrogen) atoms. The Labute approximate surface area is 310 Å². The summed E-state index contributed by atoms with van der Waals surface area (Å²) in [6.45, 7) is 2.14. The Hall–Kier alpha value is -6.39. The van der Waals surface area contributed by atoms with E-state index in [1.54, 1.807) is 11.5 Å². The first kappa shape index (κ1) is 37.4. The number of nitrogens with one attached hydrogen (secondary N) is 5. The fraction of sp³-hybridized carbons (Fsp3) is 0.289. The van der Waals surface area contributed by atoms with Gasteiger partial charge in [0.1, 0.15) is 17.7 Å². The van der Waals surface area contributed by atoms with Crippen molar-refractivity contribution < 1.29 is 34.5 Å². The molecule has 1 aliphatic carbocycles. The van der Waals surface area contributed by atoms with Gasteiger partial charge in [-0.15, -0.1) is 0 Å². The van der Waals surface area contributed by atoms with E-state index in [2.05, 4.69) is 41.5 Å². The lowest BCUT2D eigenvalue weighted by Gasteiger charge is -2.20. The van der Waals surface area contributed by atoms with Gasteiger partial charge in [-0.3, -0.25) is 9.59 Å². The van der Waals surface area contributed by atoms with Crippen molar-refractivity contribution in [3.8, 4) is 0 Å². The summed E-state index contributed by atoms with van der Waals surface area (Å²) in [5.74, 6) is -2.00. The molecule has 0 unspecified atom stereocenters. The summed E-state index contributed by atoms with van der Waals surface area (Å²) in [5, 5.41) is 45.0. The summed E-state index contributed by atoms with van der Waals surface area (Å²) in [6, 6.07) is 23.6. The predicted octanol–water partition coefficient (Wildman–Crippen LogP) is 2.88. The van der Waals surface area contributed by atoms with Crippen molar-refractivity contribution >= 4 is 46.5 Å². The topological polar surface area (TPSA) is 233 Å². The van der Waals surface area contributed by atoms with Crippen molar-refractivity contribution in [1.82, 2.24) is 35.5 Å². The molecule has 8 N–H and O–H groups in total. The number of amides is 4. The fourth-order valence-electron chi connectivity index (χ4n) is 6.42. The monoisotopic (exact) mass is 735 g/mol. The molecule has 0 bridgehead atoms. The van der Waals surface area contributed by atoms with E-state index in [0.717, 1.165) is 11.1 Å². The van der Waals surface area contributed by atoms with Crippen LogP contribution in [0.2, 0.25) is 0 Å². The first-order chi connectivity index (χ1) is 26.1. The van der Waals surface area contributed by atoms with E-state index in [-0.39, 0.29) is 60.6 Å². The van der Waals surface area contributed by atoms with Gasteiger partial charge in [0.25, 0.3) is 5.91 Å². The number of benzene rings is 3. The van der Waals surface area contributed by atoms with Crippen LogP contribution in [-0.4, -0.2) is 96.5 Å². The Morgan fingerprint density at radius 3 is 2.13 bits per heavy atom. The van der Waals surface area contributed by atoms with E-state index in [0.29, 0.717) is 17.7 Å². The highest BCUT2D eigenvalue weighted by Crippen LogP contribution is 2.34. The molecule has 1 saturated carbocycles. The van der Waals surface area contributed by atoms with Gasteiger partial charge in [-0.05, 0) is 41.8 Å². The van der Waals surface area contributed by atoms with E-state index >= 15 is 0 Å². The molecule has 16 heteroatoms. The average Bonchev–Trinajstić information content (AvgIpc) is 3.73. The van der Waals surface area contributed by atoms with E-state index < -0.39 is 42.2 Å². The zero-order valence-corrected chi connectivity index (χ0v) is 29.3. The van der Waals surface area contributed by atoms with Crippen molar-refractivity contribution in [3.63, 3.8) is 0 Å². The Kier molecular flexibility index (Phi) is 11.7. The third-order valence-corrected chi connectivity index (χ3v) is 9.26. The van der Waals surface area contributed by atoms with Crippen molar-refractivity contribution in [1.29, 1.82) is 0 Å². The molecule has 2 heterocycles. The predicted molar refractivity (Wildman–Crippen MR) is 199 cm³/mol. The van der Waals surface area contributed by atoms with Crippen LogP contribution in [-0.2, 0) is 4.79 Å². The second-order valence-electron chi connectivity index (χ2n) is 12.8. The van der Waals surface area contributed by atoms with Crippen molar-refractivity contribution in [2.75, 3.05) is 30.3 Å². The number of carbonyl (C=O) groups is 4.